The Morgan fingerprint density at radius 3 is 2.06 bits per heavy atom. The highest BCUT2D eigenvalue weighted by Crippen LogP contribution is 2.31. The molecule has 2 rings (SSSR count). The molecular weight excluding hydrogens is 411 g/mol. The molecule has 1 atom stereocenters. The Kier molecular flexibility index (Phi) is 8.59. The van der Waals surface area contributed by atoms with Crippen LogP contribution in [0.5, 0.6) is 17.2 Å². The molecule has 0 spiro atoms. The zero-order valence-electron chi connectivity index (χ0n) is 18.1. The van der Waals surface area contributed by atoms with Crippen molar-refractivity contribution in [2.75, 3.05) is 21.3 Å². The molecule has 5 nitrogen and oxygen atoms in total. The van der Waals surface area contributed by atoms with Crippen LogP contribution in [-0.4, -0.2) is 39.5 Å². The van der Waals surface area contributed by atoms with Crippen molar-refractivity contribution in [2.24, 2.45) is 0 Å². The monoisotopic (exact) mass is 439 g/mol. The number of halogens is 3. The van der Waals surface area contributed by atoms with Crippen LogP contribution in [0.4, 0.5) is 13.2 Å². The number of rotatable bonds is 10. The summed E-state index contributed by atoms with van der Waals surface area (Å²) in [4.78, 5) is 11.2. The maximum absolute atomic E-state index is 12.5. The fraction of sp³-hybridized carbons (Fsp3) is 0.435. The van der Waals surface area contributed by atoms with Gasteiger partial charge in [-0.15, -0.1) is 0 Å². The number of benzene rings is 2. The van der Waals surface area contributed by atoms with E-state index in [0.29, 0.717) is 17.1 Å². The molecule has 1 N–H and O–H groups in total. The number of aryl methyl sites for hydroxylation is 2. The quantitative estimate of drug-likeness (QED) is 0.592. The van der Waals surface area contributed by atoms with Crippen LogP contribution in [0.3, 0.4) is 0 Å². The van der Waals surface area contributed by atoms with Crippen LogP contribution in [0.25, 0.3) is 0 Å². The number of ether oxygens (including phenoxy) is 3. The fourth-order valence-electron chi connectivity index (χ4n) is 3.34. The van der Waals surface area contributed by atoms with Gasteiger partial charge in [-0.25, -0.2) is 0 Å². The number of carbonyl (C=O) groups excluding carboxylic acids is 1. The van der Waals surface area contributed by atoms with Gasteiger partial charge in [0.2, 0.25) is 0 Å². The Hall–Kier alpha value is -2.90. The first-order valence-electron chi connectivity index (χ1n) is 9.92. The van der Waals surface area contributed by atoms with Crippen LogP contribution in [0.1, 0.15) is 30.0 Å². The van der Waals surface area contributed by atoms with Crippen LogP contribution >= 0.6 is 0 Å². The summed E-state index contributed by atoms with van der Waals surface area (Å²) >= 11 is 0. The lowest BCUT2D eigenvalue weighted by atomic mass is 9.98. The first-order valence-corrected chi connectivity index (χ1v) is 9.92. The van der Waals surface area contributed by atoms with E-state index < -0.39 is 18.1 Å². The lowest BCUT2D eigenvalue weighted by Crippen LogP contribution is -2.42. The molecule has 0 saturated heterocycles. The molecule has 8 heteroatoms. The second kappa shape index (κ2) is 10.9. The predicted octanol–water partition coefficient (Wildman–Crippen LogP) is 4.50. The summed E-state index contributed by atoms with van der Waals surface area (Å²) in [5, 5.41) is 1.96. The Bertz CT molecular complexity index is 866. The molecule has 170 valence electrons. The van der Waals surface area contributed by atoms with Gasteiger partial charge in [-0.1, -0.05) is 12.1 Å². The van der Waals surface area contributed by atoms with Crippen LogP contribution in [0, 0.1) is 0 Å². The third-order valence-corrected chi connectivity index (χ3v) is 4.92. The van der Waals surface area contributed by atoms with E-state index in [4.69, 9.17) is 14.2 Å². The number of methoxy groups -OCH3 is 3. The summed E-state index contributed by atoms with van der Waals surface area (Å²) < 4.78 is 53.6. The van der Waals surface area contributed by atoms with E-state index in [1.807, 2.05) is 35.6 Å². The highest BCUT2D eigenvalue weighted by Gasteiger charge is 2.39. The molecule has 0 fully saturated rings. The molecule has 0 saturated carbocycles. The van der Waals surface area contributed by atoms with Gasteiger partial charge in [0.05, 0.1) is 21.3 Å². The Morgan fingerprint density at radius 1 is 0.935 bits per heavy atom. The summed E-state index contributed by atoms with van der Waals surface area (Å²) in [6, 6.07) is 10.8. The van der Waals surface area contributed by atoms with E-state index in [1.165, 1.54) is 19.6 Å². The topological polar surface area (TPSA) is 56.8 Å². The van der Waals surface area contributed by atoms with Gasteiger partial charge in [0.1, 0.15) is 17.2 Å². The molecule has 1 amide bonds. The van der Waals surface area contributed by atoms with Crippen molar-refractivity contribution in [1.29, 1.82) is 0 Å². The van der Waals surface area contributed by atoms with Crippen LogP contribution in [-0.2, 0) is 24.1 Å². The van der Waals surface area contributed by atoms with Gasteiger partial charge in [0.15, 0.2) is 0 Å². The van der Waals surface area contributed by atoms with Gasteiger partial charge in [-0.3, -0.25) is 4.79 Å². The average molecular weight is 439 g/mol. The average Bonchev–Trinajstić information content (AvgIpc) is 2.73. The van der Waals surface area contributed by atoms with Gasteiger partial charge in [-0.2, -0.15) is 13.2 Å². The number of amides is 1. The van der Waals surface area contributed by atoms with E-state index in [2.05, 4.69) is 0 Å². The molecule has 1 unspecified atom stereocenters. The van der Waals surface area contributed by atoms with Crippen LogP contribution in [0.2, 0.25) is 0 Å². The lowest BCUT2D eigenvalue weighted by molar-refractivity contribution is -0.174. The third kappa shape index (κ3) is 7.08. The first-order chi connectivity index (χ1) is 14.7. The molecule has 0 aliphatic heterocycles. The fourth-order valence-corrected chi connectivity index (χ4v) is 3.34. The minimum atomic E-state index is -4.91. The summed E-state index contributed by atoms with van der Waals surface area (Å²) in [7, 11) is 4.68. The minimum Gasteiger partial charge on any atom is -0.497 e. The van der Waals surface area contributed by atoms with Crippen molar-refractivity contribution in [3.8, 4) is 17.2 Å². The summed E-state index contributed by atoms with van der Waals surface area (Å²) in [6.07, 6.45) is -2.25. The van der Waals surface area contributed by atoms with Crippen molar-refractivity contribution in [3.05, 3.63) is 53.1 Å². The Morgan fingerprint density at radius 2 is 1.52 bits per heavy atom. The van der Waals surface area contributed by atoms with Gasteiger partial charge in [0, 0.05) is 6.04 Å². The largest absolute Gasteiger partial charge is 0.497 e. The SMILES string of the molecule is COc1ccc(CCCc2cc(OC)c(CC(C)NC(=O)C(F)(F)F)cc2OC)cc1. The standard InChI is InChI=1S/C23H28F3NO4/c1-15(27-22(28)23(24,25)26)12-18-14-20(30-3)17(13-21(18)31-4)7-5-6-16-8-10-19(29-2)11-9-16/h8-11,13-15H,5-7,12H2,1-4H3,(H,27,28). The zero-order chi connectivity index (χ0) is 23.0. The maximum Gasteiger partial charge on any atom is 0.471 e. The van der Waals surface area contributed by atoms with Crippen molar-refractivity contribution >= 4 is 5.91 Å². The Balaban J connectivity index is 2.07. The van der Waals surface area contributed by atoms with Gasteiger partial charge in [0.25, 0.3) is 0 Å². The van der Waals surface area contributed by atoms with Crippen molar-refractivity contribution in [1.82, 2.24) is 5.32 Å². The highest BCUT2D eigenvalue weighted by atomic mass is 19.4. The second-order valence-corrected chi connectivity index (χ2v) is 7.25. The zero-order valence-corrected chi connectivity index (χ0v) is 18.1. The molecule has 0 aromatic heterocycles. The van der Waals surface area contributed by atoms with Crippen LogP contribution in [0.15, 0.2) is 36.4 Å². The maximum atomic E-state index is 12.5. The molecule has 0 aliphatic carbocycles. The van der Waals surface area contributed by atoms with E-state index in [0.717, 1.165) is 30.6 Å². The van der Waals surface area contributed by atoms with Crippen LogP contribution < -0.4 is 19.5 Å². The van der Waals surface area contributed by atoms with Gasteiger partial charge < -0.3 is 19.5 Å². The molecule has 0 aliphatic rings. The summed E-state index contributed by atoms with van der Waals surface area (Å²) in [6.45, 7) is 1.51. The minimum absolute atomic E-state index is 0.174. The lowest BCUT2D eigenvalue weighted by Gasteiger charge is -2.19. The normalized spacial score (nSPS) is 12.2. The van der Waals surface area contributed by atoms with Crippen molar-refractivity contribution < 1.29 is 32.2 Å². The molecule has 0 bridgehead atoms. The predicted molar refractivity (Wildman–Crippen MR) is 112 cm³/mol. The Labute approximate surface area is 180 Å². The van der Waals surface area contributed by atoms with E-state index in [-0.39, 0.29) is 6.42 Å². The first kappa shape index (κ1) is 24.4. The molecular formula is C23H28F3NO4. The number of hydrogen-bond donors (Lipinski definition) is 1. The molecule has 0 heterocycles. The molecule has 0 radical (unpaired) electrons. The summed E-state index contributed by atoms with van der Waals surface area (Å²) in [5.74, 6) is 0.0423. The number of alkyl halides is 3. The number of nitrogens with one attached hydrogen (secondary N) is 1. The number of hydrogen-bond acceptors (Lipinski definition) is 4. The molecule has 31 heavy (non-hydrogen) atoms. The number of carbonyl (C=O) groups is 1. The van der Waals surface area contributed by atoms with E-state index >= 15 is 0 Å². The smallest absolute Gasteiger partial charge is 0.471 e. The van der Waals surface area contributed by atoms with Gasteiger partial charge in [-0.05, 0) is 73.6 Å². The van der Waals surface area contributed by atoms with Gasteiger partial charge >= 0.3 is 12.1 Å². The summed E-state index contributed by atoms with van der Waals surface area (Å²) in [5.41, 5.74) is 2.80. The van der Waals surface area contributed by atoms with Crippen molar-refractivity contribution in [3.63, 3.8) is 0 Å². The third-order valence-electron chi connectivity index (χ3n) is 4.92. The van der Waals surface area contributed by atoms with E-state index in [1.54, 1.807) is 20.3 Å². The highest BCUT2D eigenvalue weighted by molar-refractivity contribution is 5.81. The molecule has 2 aromatic rings. The van der Waals surface area contributed by atoms with Crippen molar-refractivity contribution in [2.45, 2.75) is 44.8 Å². The van der Waals surface area contributed by atoms with E-state index in [9.17, 15) is 18.0 Å². The molecule has 2 aromatic carbocycles. The second-order valence-electron chi connectivity index (χ2n) is 7.25.